The number of benzene rings is 1. The number of para-hydroxylation sites is 1. The Morgan fingerprint density at radius 1 is 1.40 bits per heavy atom. The average Bonchev–Trinajstić information content (AvgIpc) is 2.41. The summed E-state index contributed by atoms with van der Waals surface area (Å²) in [6.45, 7) is 1.83. The zero-order valence-electron chi connectivity index (χ0n) is 8.04. The third-order valence-corrected chi connectivity index (χ3v) is 3.75. The minimum absolute atomic E-state index is 0.386. The summed E-state index contributed by atoms with van der Waals surface area (Å²) in [5, 5.41) is 0.855. The predicted octanol–water partition coefficient (Wildman–Crippen LogP) is 1.34. The Morgan fingerprint density at radius 3 is 2.73 bits per heavy atom. The van der Waals surface area contributed by atoms with E-state index < -0.39 is 10.1 Å². The number of nitrogens with zero attached hydrogens (tertiary/aromatic N) is 1. The third kappa shape index (κ3) is 2.17. The number of aromatic nitrogens is 1. The molecule has 1 heterocycles. The zero-order valence-corrected chi connectivity index (χ0v) is 9.68. The van der Waals surface area contributed by atoms with Gasteiger partial charge >= 0.3 is 10.1 Å². The molecule has 1 aromatic heterocycles. The van der Waals surface area contributed by atoms with Crippen molar-refractivity contribution in [3.8, 4) is 0 Å². The molecule has 0 spiro atoms. The van der Waals surface area contributed by atoms with Crippen LogP contribution < -0.4 is 4.57 Å². The molecule has 0 aliphatic rings. The highest BCUT2D eigenvalue weighted by atomic mass is 32.2. The number of fused-ring (bicyclic) bond motifs is 1. The lowest BCUT2D eigenvalue weighted by Crippen LogP contribution is -2.38. The number of hydrogen-bond donors (Lipinski definition) is 1. The van der Waals surface area contributed by atoms with E-state index in [1.54, 1.807) is 4.57 Å². The average molecular weight is 244 g/mol. The van der Waals surface area contributed by atoms with Gasteiger partial charge in [-0.15, -0.1) is 0 Å². The van der Waals surface area contributed by atoms with Crippen LogP contribution in [0.4, 0.5) is 0 Å². The van der Waals surface area contributed by atoms with E-state index in [0.717, 1.165) is 15.2 Å². The summed E-state index contributed by atoms with van der Waals surface area (Å²) in [4.78, 5) is 0. The highest BCUT2D eigenvalue weighted by molar-refractivity contribution is 7.84. The van der Waals surface area contributed by atoms with Crippen LogP contribution in [0.5, 0.6) is 0 Å². The fraction of sp³-hybridized carbons (Fsp3) is 0.222. The summed E-state index contributed by atoms with van der Waals surface area (Å²) in [7, 11) is -3.99. The van der Waals surface area contributed by atoms with E-state index in [4.69, 9.17) is 4.55 Å². The maximum Gasteiger partial charge on any atom is 0.326 e. The van der Waals surface area contributed by atoms with E-state index in [1.165, 1.54) is 11.3 Å². The third-order valence-electron chi connectivity index (χ3n) is 2.09. The molecule has 15 heavy (non-hydrogen) atoms. The van der Waals surface area contributed by atoms with Gasteiger partial charge in [0.05, 0.1) is 0 Å². The lowest BCUT2D eigenvalue weighted by atomic mass is 10.3. The molecule has 1 N–H and O–H groups in total. The molecular weight excluding hydrogens is 234 g/mol. The van der Waals surface area contributed by atoms with Gasteiger partial charge < -0.3 is 0 Å². The van der Waals surface area contributed by atoms with Crippen molar-refractivity contribution >= 4 is 31.7 Å². The zero-order chi connectivity index (χ0) is 11.1. The summed E-state index contributed by atoms with van der Waals surface area (Å²) in [5.41, 5.74) is 0.831. The maximum absolute atomic E-state index is 10.8. The van der Waals surface area contributed by atoms with Crippen molar-refractivity contribution in [3.05, 3.63) is 29.3 Å². The molecule has 0 amide bonds. The van der Waals surface area contributed by atoms with E-state index in [2.05, 4.69) is 0 Å². The standard InChI is InChI=1S/C9H9NO3S2/c1-7-10(6-15(11,12)13)8-4-2-3-5-9(8)14-7/h2-5H,6H2,1H3/p+1. The molecule has 80 valence electrons. The van der Waals surface area contributed by atoms with E-state index in [1.807, 2.05) is 31.2 Å². The Labute approximate surface area is 91.5 Å². The van der Waals surface area contributed by atoms with Crippen LogP contribution in [0.25, 0.3) is 10.2 Å². The first-order valence-corrected chi connectivity index (χ1v) is 6.73. The summed E-state index contributed by atoms with van der Waals surface area (Å²) in [5.74, 6) is -0.386. The Hall–Kier alpha value is -0.980. The number of aryl methyl sites for hydroxylation is 1. The van der Waals surface area contributed by atoms with Gasteiger partial charge in [-0.3, -0.25) is 4.55 Å². The second-order valence-electron chi connectivity index (χ2n) is 3.23. The highest BCUT2D eigenvalue weighted by Crippen LogP contribution is 2.19. The van der Waals surface area contributed by atoms with Crippen molar-refractivity contribution < 1.29 is 17.5 Å². The van der Waals surface area contributed by atoms with Crippen LogP contribution in [-0.4, -0.2) is 13.0 Å². The Kier molecular flexibility index (Phi) is 2.49. The fourth-order valence-corrected chi connectivity index (χ4v) is 3.24. The second kappa shape index (κ2) is 3.55. The summed E-state index contributed by atoms with van der Waals surface area (Å²) < 4.78 is 33.1. The Bertz CT molecular complexity index is 601. The van der Waals surface area contributed by atoms with Crippen molar-refractivity contribution in [2.75, 3.05) is 0 Å². The van der Waals surface area contributed by atoms with E-state index >= 15 is 0 Å². The Morgan fingerprint density at radius 2 is 2.07 bits per heavy atom. The Balaban J connectivity index is 2.64. The van der Waals surface area contributed by atoms with Gasteiger partial charge in [-0.1, -0.05) is 23.5 Å². The first kappa shape index (κ1) is 10.5. The van der Waals surface area contributed by atoms with Crippen molar-refractivity contribution in [2.45, 2.75) is 12.8 Å². The van der Waals surface area contributed by atoms with Crippen LogP contribution in [-0.2, 0) is 16.0 Å². The summed E-state index contributed by atoms with van der Waals surface area (Å²) in [6, 6.07) is 7.50. The normalized spacial score (nSPS) is 12.1. The van der Waals surface area contributed by atoms with Gasteiger partial charge in [0, 0.05) is 13.0 Å². The minimum Gasteiger partial charge on any atom is -0.281 e. The molecule has 0 atom stereocenters. The first-order valence-electron chi connectivity index (χ1n) is 4.30. The van der Waals surface area contributed by atoms with Gasteiger partial charge in [0.2, 0.25) is 10.5 Å². The first-order chi connectivity index (χ1) is 6.97. The predicted molar refractivity (Wildman–Crippen MR) is 58.3 cm³/mol. The highest BCUT2D eigenvalue weighted by Gasteiger charge is 2.21. The van der Waals surface area contributed by atoms with Crippen LogP contribution in [0.15, 0.2) is 24.3 Å². The van der Waals surface area contributed by atoms with Gasteiger partial charge in [-0.25, -0.2) is 0 Å². The van der Waals surface area contributed by atoms with Crippen LogP contribution in [0, 0.1) is 6.92 Å². The molecule has 2 rings (SSSR count). The van der Waals surface area contributed by atoms with Crippen molar-refractivity contribution in [2.24, 2.45) is 0 Å². The van der Waals surface area contributed by atoms with Gasteiger partial charge in [0.1, 0.15) is 4.70 Å². The molecule has 0 saturated heterocycles. The number of hydrogen-bond acceptors (Lipinski definition) is 3. The van der Waals surface area contributed by atoms with Crippen LogP contribution in [0.3, 0.4) is 0 Å². The molecule has 0 aliphatic carbocycles. The van der Waals surface area contributed by atoms with E-state index in [0.29, 0.717) is 0 Å². The molecule has 2 aromatic rings. The molecule has 0 aliphatic heterocycles. The van der Waals surface area contributed by atoms with Crippen molar-refractivity contribution in [3.63, 3.8) is 0 Å². The van der Waals surface area contributed by atoms with E-state index in [-0.39, 0.29) is 5.88 Å². The lowest BCUT2D eigenvalue weighted by Gasteiger charge is -1.93. The van der Waals surface area contributed by atoms with Crippen LogP contribution in [0.1, 0.15) is 5.01 Å². The largest absolute Gasteiger partial charge is 0.326 e. The quantitative estimate of drug-likeness (QED) is 0.640. The topological polar surface area (TPSA) is 58.2 Å². The van der Waals surface area contributed by atoms with Gasteiger partial charge in [0.25, 0.3) is 5.88 Å². The van der Waals surface area contributed by atoms with Gasteiger partial charge in [0.15, 0.2) is 0 Å². The number of thiazole rings is 1. The molecular formula is C9H10NO3S2+. The molecule has 1 aromatic carbocycles. The van der Waals surface area contributed by atoms with Crippen molar-refractivity contribution in [1.82, 2.24) is 0 Å². The molecule has 0 unspecified atom stereocenters. The second-order valence-corrected chi connectivity index (χ2v) is 5.88. The fourth-order valence-electron chi connectivity index (χ4n) is 1.47. The molecule has 0 fully saturated rings. The molecule has 0 saturated carbocycles. The minimum atomic E-state index is -3.99. The van der Waals surface area contributed by atoms with Crippen LogP contribution >= 0.6 is 11.3 Å². The lowest BCUT2D eigenvalue weighted by molar-refractivity contribution is -0.653. The monoisotopic (exact) mass is 244 g/mol. The maximum atomic E-state index is 10.8. The molecule has 4 nitrogen and oxygen atoms in total. The van der Waals surface area contributed by atoms with Gasteiger partial charge in [-0.05, 0) is 6.07 Å². The van der Waals surface area contributed by atoms with Crippen LogP contribution in [0.2, 0.25) is 0 Å². The van der Waals surface area contributed by atoms with E-state index in [9.17, 15) is 8.42 Å². The summed E-state index contributed by atoms with van der Waals surface area (Å²) in [6.07, 6.45) is 0. The number of rotatable bonds is 2. The smallest absolute Gasteiger partial charge is 0.281 e. The molecule has 6 heteroatoms. The summed E-state index contributed by atoms with van der Waals surface area (Å²) >= 11 is 1.51. The SMILES string of the molecule is Cc1sc2ccccc2[n+]1CS(=O)(=O)O. The molecule has 0 bridgehead atoms. The van der Waals surface area contributed by atoms with Crippen molar-refractivity contribution in [1.29, 1.82) is 0 Å². The molecule has 0 radical (unpaired) electrons. The van der Waals surface area contributed by atoms with Gasteiger partial charge in [-0.2, -0.15) is 13.0 Å².